The van der Waals surface area contributed by atoms with E-state index in [-0.39, 0.29) is 0 Å². The molecule has 3 heteroatoms. The second-order valence-corrected chi connectivity index (χ2v) is 7.21. The van der Waals surface area contributed by atoms with Crippen molar-refractivity contribution >= 4 is 11.0 Å². The molecule has 3 rings (SSSR count). The molecule has 1 N–H and O–H groups in total. The molecule has 1 aliphatic rings. The van der Waals surface area contributed by atoms with Crippen molar-refractivity contribution in [3.05, 3.63) is 29.1 Å². The van der Waals surface area contributed by atoms with Gasteiger partial charge in [-0.1, -0.05) is 13.8 Å². The number of piperidine rings is 1. The van der Waals surface area contributed by atoms with Crippen LogP contribution in [0.15, 0.2) is 12.1 Å². The highest BCUT2D eigenvalue weighted by atomic mass is 15.1. The number of nitrogens with one attached hydrogen (secondary N) is 1. The summed E-state index contributed by atoms with van der Waals surface area (Å²) < 4.78 is 2.55. The molecular weight excluding hydrogens is 282 g/mol. The Balaban J connectivity index is 2.06. The zero-order valence-corrected chi connectivity index (χ0v) is 15.2. The van der Waals surface area contributed by atoms with Crippen LogP contribution in [0.5, 0.6) is 0 Å². The Morgan fingerprint density at radius 1 is 1.13 bits per heavy atom. The molecule has 0 bridgehead atoms. The minimum absolute atomic E-state index is 0.574. The Bertz CT molecular complexity index is 661. The number of benzene rings is 1. The molecule has 0 unspecified atom stereocenters. The summed E-state index contributed by atoms with van der Waals surface area (Å²) in [6.45, 7) is 12.4. The maximum atomic E-state index is 5.07. The van der Waals surface area contributed by atoms with E-state index in [4.69, 9.17) is 4.98 Å². The third kappa shape index (κ3) is 3.30. The zero-order valence-electron chi connectivity index (χ0n) is 15.2. The fraction of sp³-hybridized carbons (Fsp3) is 0.650. The van der Waals surface area contributed by atoms with Crippen molar-refractivity contribution in [3.63, 3.8) is 0 Å². The van der Waals surface area contributed by atoms with Gasteiger partial charge in [0.2, 0.25) is 0 Å². The second kappa shape index (κ2) is 7.04. The van der Waals surface area contributed by atoms with Crippen LogP contribution in [-0.2, 0) is 6.54 Å². The van der Waals surface area contributed by atoms with Crippen LogP contribution in [-0.4, -0.2) is 22.6 Å². The molecule has 1 aromatic carbocycles. The molecule has 0 saturated carbocycles. The summed E-state index contributed by atoms with van der Waals surface area (Å²) >= 11 is 0. The third-order valence-corrected chi connectivity index (χ3v) is 5.64. The molecule has 0 spiro atoms. The number of aryl methyl sites for hydroxylation is 2. The smallest absolute Gasteiger partial charge is 0.112 e. The summed E-state index contributed by atoms with van der Waals surface area (Å²) in [7, 11) is 0. The van der Waals surface area contributed by atoms with Crippen LogP contribution >= 0.6 is 0 Å². The number of fused-ring (bicyclic) bond motifs is 1. The Kier molecular flexibility index (Phi) is 5.05. The quantitative estimate of drug-likeness (QED) is 0.877. The average Bonchev–Trinajstić information content (AvgIpc) is 2.88. The molecule has 1 aliphatic heterocycles. The number of rotatable bonds is 5. The van der Waals surface area contributed by atoms with Crippen LogP contribution in [0.2, 0.25) is 0 Å². The summed E-state index contributed by atoms with van der Waals surface area (Å²) in [5, 5.41) is 3.48. The van der Waals surface area contributed by atoms with Gasteiger partial charge in [0.25, 0.3) is 0 Å². The summed E-state index contributed by atoms with van der Waals surface area (Å²) in [6.07, 6.45) is 4.91. The van der Waals surface area contributed by atoms with E-state index >= 15 is 0 Å². The van der Waals surface area contributed by atoms with Gasteiger partial charge in [0, 0.05) is 12.5 Å². The minimum atomic E-state index is 0.574. The topological polar surface area (TPSA) is 29.9 Å². The van der Waals surface area contributed by atoms with Gasteiger partial charge >= 0.3 is 0 Å². The first-order valence-electron chi connectivity index (χ1n) is 9.32. The summed E-state index contributed by atoms with van der Waals surface area (Å²) in [5.41, 5.74) is 5.25. The highest BCUT2D eigenvalue weighted by molar-refractivity contribution is 5.78. The van der Waals surface area contributed by atoms with Crippen molar-refractivity contribution in [2.24, 2.45) is 5.92 Å². The highest BCUT2D eigenvalue weighted by Gasteiger charge is 2.21. The van der Waals surface area contributed by atoms with Gasteiger partial charge in [-0.15, -0.1) is 0 Å². The van der Waals surface area contributed by atoms with E-state index in [1.807, 2.05) is 0 Å². The van der Waals surface area contributed by atoms with Gasteiger partial charge in [-0.25, -0.2) is 4.98 Å². The van der Waals surface area contributed by atoms with Gasteiger partial charge in [0.1, 0.15) is 5.82 Å². The van der Waals surface area contributed by atoms with Crippen molar-refractivity contribution in [2.75, 3.05) is 13.1 Å². The van der Waals surface area contributed by atoms with Crippen LogP contribution in [0.1, 0.15) is 62.4 Å². The molecule has 0 radical (unpaired) electrons. The molecule has 0 aliphatic carbocycles. The minimum Gasteiger partial charge on any atom is -0.327 e. The lowest BCUT2D eigenvalue weighted by atomic mass is 9.97. The summed E-state index contributed by atoms with van der Waals surface area (Å²) in [4.78, 5) is 5.07. The predicted molar refractivity (Wildman–Crippen MR) is 98.1 cm³/mol. The number of aromatic nitrogens is 2. The molecule has 1 saturated heterocycles. The number of hydrogen-bond donors (Lipinski definition) is 1. The van der Waals surface area contributed by atoms with E-state index < -0.39 is 0 Å². The van der Waals surface area contributed by atoms with Crippen LogP contribution in [0.4, 0.5) is 0 Å². The van der Waals surface area contributed by atoms with Gasteiger partial charge in [-0.3, -0.25) is 0 Å². The molecule has 1 fully saturated rings. The van der Waals surface area contributed by atoms with E-state index in [1.165, 1.54) is 53.7 Å². The molecule has 3 nitrogen and oxygen atoms in total. The zero-order chi connectivity index (χ0) is 16.4. The predicted octanol–water partition coefficient (Wildman–Crippen LogP) is 4.56. The van der Waals surface area contributed by atoms with Gasteiger partial charge < -0.3 is 9.88 Å². The van der Waals surface area contributed by atoms with E-state index in [0.29, 0.717) is 5.92 Å². The third-order valence-electron chi connectivity index (χ3n) is 5.64. The molecule has 0 amide bonds. The normalized spacial score (nSPS) is 16.6. The average molecular weight is 313 g/mol. The first-order valence-corrected chi connectivity index (χ1v) is 9.32. The van der Waals surface area contributed by atoms with Gasteiger partial charge in [-0.2, -0.15) is 0 Å². The van der Waals surface area contributed by atoms with Crippen molar-refractivity contribution < 1.29 is 0 Å². The Labute approximate surface area is 140 Å². The van der Waals surface area contributed by atoms with E-state index in [1.54, 1.807) is 0 Å². The highest BCUT2D eigenvalue weighted by Crippen LogP contribution is 2.30. The van der Waals surface area contributed by atoms with E-state index in [0.717, 1.165) is 25.6 Å². The number of nitrogens with zero attached hydrogens (tertiary/aromatic N) is 2. The van der Waals surface area contributed by atoms with Crippen molar-refractivity contribution in [2.45, 2.75) is 65.8 Å². The van der Waals surface area contributed by atoms with Crippen molar-refractivity contribution in [3.8, 4) is 0 Å². The Morgan fingerprint density at radius 2 is 1.78 bits per heavy atom. The fourth-order valence-corrected chi connectivity index (χ4v) is 3.88. The molecule has 126 valence electrons. The lowest BCUT2D eigenvalue weighted by Crippen LogP contribution is -2.30. The standard InChI is InChI=1S/C20H31N3/c1-5-17(6-2)20-22-18-11-14(3)15(4)12-19(18)23(20)13-16-7-9-21-10-8-16/h11-12,16-17,21H,5-10,13H2,1-4H3. The van der Waals surface area contributed by atoms with Gasteiger partial charge in [0.15, 0.2) is 0 Å². The first-order chi connectivity index (χ1) is 11.1. The lowest BCUT2D eigenvalue weighted by molar-refractivity contribution is 0.329. The van der Waals surface area contributed by atoms with E-state index in [2.05, 4.69) is 49.7 Å². The van der Waals surface area contributed by atoms with Gasteiger partial charge in [-0.05, 0) is 81.8 Å². The Morgan fingerprint density at radius 3 is 2.43 bits per heavy atom. The monoisotopic (exact) mass is 313 g/mol. The molecule has 0 atom stereocenters. The maximum absolute atomic E-state index is 5.07. The number of imidazole rings is 1. The SMILES string of the molecule is CCC(CC)c1nc2cc(C)c(C)cc2n1CC1CCNCC1. The molecule has 2 aromatic rings. The second-order valence-electron chi connectivity index (χ2n) is 7.21. The van der Waals surface area contributed by atoms with Crippen molar-refractivity contribution in [1.29, 1.82) is 0 Å². The van der Waals surface area contributed by atoms with Crippen LogP contribution in [0.25, 0.3) is 11.0 Å². The van der Waals surface area contributed by atoms with E-state index in [9.17, 15) is 0 Å². The molecular formula is C20H31N3. The van der Waals surface area contributed by atoms with Crippen LogP contribution in [0, 0.1) is 19.8 Å². The lowest BCUT2D eigenvalue weighted by Gasteiger charge is -2.25. The largest absolute Gasteiger partial charge is 0.327 e. The maximum Gasteiger partial charge on any atom is 0.112 e. The fourth-order valence-electron chi connectivity index (χ4n) is 3.88. The van der Waals surface area contributed by atoms with Crippen molar-refractivity contribution in [1.82, 2.24) is 14.9 Å². The first kappa shape index (κ1) is 16.5. The Hall–Kier alpha value is -1.35. The number of hydrogen-bond acceptors (Lipinski definition) is 2. The molecule has 2 heterocycles. The van der Waals surface area contributed by atoms with Crippen LogP contribution in [0.3, 0.4) is 0 Å². The summed E-state index contributed by atoms with van der Waals surface area (Å²) in [6, 6.07) is 4.63. The van der Waals surface area contributed by atoms with Gasteiger partial charge in [0.05, 0.1) is 11.0 Å². The van der Waals surface area contributed by atoms with Crippen LogP contribution < -0.4 is 5.32 Å². The molecule has 1 aromatic heterocycles. The molecule has 23 heavy (non-hydrogen) atoms. The summed E-state index contributed by atoms with van der Waals surface area (Å²) in [5.74, 6) is 2.67.